The van der Waals surface area contributed by atoms with E-state index in [-0.39, 0.29) is 30.7 Å². The lowest BCUT2D eigenvalue weighted by atomic mass is 10.0. The van der Waals surface area contributed by atoms with Crippen molar-refractivity contribution >= 4 is 22.8 Å². The Bertz CT molecular complexity index is 837. The van der Waals surface area contributed by atoms with Gasteiger partial charge >= 0.3 is 11.6 Å². The molecule has 0 saturated heterocycles. The van der Waals surface area contributed by atoms with Gasteiger partial charge < -0.3 is 19.9 Å². The number of aliphatic carboxylic acids is 1. The average molecular weight is 319 g/mol. The molecule has 0 atom stereocenters. The number of fused-ring (bicyclic) bond motifs is 1. The van der Waals surface area contributed by atoms with Gasteiger partial charge in [-0.3, -0.25) is 9.59 Å². The van der Waals surface area contributed by atoms with Gasteiger partial charge in [0.15, 0.2) is 0 Å². The Balaban J connectivity index is 2.31. The molecule has 0 aliphatic carbocycles. The summed E-state index contributed by atoms with van der Waals surface area (Å²) in [6.07, 6.45) is -0.376. The van der Waals surface area contributed by atoms with Crippen LogP contribution in [0, 0.1) is 13.8 Å². The van der Waals surface area contributed by atoms with Crippen LogP contribution in [0.3, 0.4) is 0 Å². The van der Waals surface area contributed by atoms with Crippen LogP contribution in [0.2, 0.25) is 0 Å². The van der Waals surface area contributed by atoms with Crippen molar-refractivity contribution in [3.63, 3.8) is 0 Å². The number of amides is 1. The lowest BCUT2D eigenvalue weighted by Crippen LogP contribution is -2.29. The van der Waals surface area contributed by atoms with Crippen molar-refractivity contribution in [2.75, 3.05) is 6.54 Å². The van der Waals surface area contributed by atoms with Gasteiger partial charge in [0.1, 0.15) is 11.3 Å². The summed E-state index contributed by atoms with van der Waals surface area (Å²) in [7, 11) is 0. The maximum Gasteiger partial charge on any atom is 0.340 e. The zero-order valence-corrected chi connectivity index (χ0v) is 12.8. The van der Waals surface area contributed by atoms with E-state index in [0.29, 0.717) is 22.1 Å². The van der Waals surface area contributed by atoms with E-state index in [4.69, 9.17) is 9.52 Å². The highest BCUT2D eigenvalue weighted by atomic mass is 16.4. The number of carboxylic acids is 1. The van der Waals surface area contributed by atoms with E-state index in [2.05, 4.69) is 5.32 Å². The van der Waals surface area contributed by atoms with Crippen molar-refractivity contribution in [2.45, 2.75) is 26.7 Å². The zero-order valence-electron chi connectivity index (χ0n) is 12.8. The van der Waals surface area contributed by atoms with Crippen molar-refractivity contribution in [2.24, 2.45) is 0 Å². The third kappa shape index (κ3) is 3.50. The molecule has 7 nitrogen and oxygen atoms in total. The first kappa shape index (κ1) is 16.5. The average Bonchev–Trinajstić information content (AvgIpc) is 2.47. The van der Waals surface area contributed by atoms with E-state index in [1.807, 2.05) is 0 Å². The summed E-state index contributed by atoms with van der Waals surface area (Å²) in [5, 5.41) is 21.3. The predicted octanol–water partition coefficient (Wildman–Crippen LogP) is 1.25. The van der Waals surface area contributed by atoms with Gasteiger partial charge in [-0.2, -0.15) is 0 Å². The standard InChI is InChI=1S/C16H17NO6/c1-8-10-3-4-12(18)9(2)15(10)23-16(22)11(8)7-13(19)17-6-5-14(20)21/h3-4,18H,5-7H2,1-2H3,(H,17,19)(H,20,21). The lowest BCUT2D eigenvalue weighted by molar-refractivity contribution is -0.136. The molecule has 2 rings (SSSR count). The Hall–Kier alpha value is -2.83. The van der Waals surface area contributed by atoms with Gasteiger partial charge in [-0.25, -0.2) is 4.79 Å². The van der Waals surface area contributed by atoms with Crippen LogP contribution in [0.25, 0.3) is 11.0 Å². The summed E-state index contributed by atoms with van der Waals surface area (Å²) in [6, 6.07) is 3.13. The number of hydrogen-bond donors (Lipinski definition) is 3. The van der Waals surface area contributed by atoms with Crippen LogP contribution in [0.4, 0.5) is 0 Å². The van der Waals surface area contributed by atoms with Gasteiger partial charge in [0.05, 0.1) is 18.4 Å². The molecule has 122 valence electrons. The monoisotopic (exact) mass is 319 g/mol. The molecule has 0 radical (unpaired) electrons. The molecular formula is C16H17NO6. The third-order valence-electron chi connectivity index (χ3n) is 3.67. The normalized spacial score (nSPS) is 10.7. The highest BCUT2D eigenvalue weighted by molar-refractivity contribution is 5.87. The summed E-state index contributed by atoms with van der Waals surface area (Å²) in [6.45, 7) is 3.34. The summed E-state index contributed by atoms with van der Waals surface area (Å²) in [4.78, 5) is 34.4. The predicted molar refractivity (Wildman–Crippen MR) is 82.6 cm³/mol. The third-order valence-corrected chi connectivity index (χ3v) is 3.67. The number of benzene rings is 1. The quantitative estimate of drug-likeness (QED) is 0.714. The molecule has 0 fully saturated rings. The van der Waals surface area contributed by atoms with Crippen molar-refractivity contribution < 1.29 is 24.2 Å². The first-order valence-electron chi connectivity index (χ1n) is 7.04. The van der Waals surface area contributed by atoms with E-state index in [1.165, 1.54) is 6.07 Å². The van der Waals surface area contributed by atoms with E-state index < -0.39 is 17.5 Å². The molecule has 0 unspecified atom stereocenters. The van der Waals surface area contributed by atoms with Gasteiger partial charge in [-0.1, -0.05) is 0 Å². The number of carbonyl (C=O) groups excluding carboxylic acids is 1. The topological polar surface area (TPSA) is 117 Å². The van der Waals surface area contributed by atoms with Crippen LogP contribution >= 0.6 is 0 Å². The Kier molecular flexibility index (Phi) is 4.68. The maximum absolute atomic E-state index is 12.1. The molecule has 1 heterocycles. The second-order valence-electron chi connectivity index (χ2n) is 5.25. The molecule has 3 N–H and O–H groups in total. The molecule has 0 spiro atoms. The Morgan fingerprint density at radius 3 is 2.57 bits per heavy atom. The van der Waals surface area contributed by atoms with Gasteiger partial charge in [-0.05, 0) is 31.5 Å². The van der Waals surface area contributed by atoms with Crippen LogP contribution in [0.5, 0.6) is 5.75 Å². The SMILES string of the molecule is Cc1c(CC(=O)NCCC(=O)O)c(=O)oc2c(C)c(O)ccc12. The number of carboxylic acid groups (broad SMARTS) is 1. The van der Waals surface area contributed by atoms with Crippen LogP contribution < -0.4 is 10.9 Å². The number of carbonyl (C=O) groups is 2. The molecule has 0 aliphatic rings. The molecule has 1 aromatic heterocycles. The van der Waals surface area contributed by atoms with Crippen LogP contribution in [-0.2, 0) is 16.0 Å². The smallest absolute Gasteiger partial charge is 0.340 e. The number of nitrogens with one attached hydrogen (secondary N) is 1. The fraction of sp³-hybridized carbons (Fsp3) is 0.312. The fourth-order valence-electron chi connectivity index (χ4n) is 2.31. The van der Waals surface area contributed by atoms with Gasteiger partial charge in [-0.15, -0.1) is 0 Å². The first-order valence-corrected chi connectivity index (χ1v) is 7.04. The van der Waals surface area contributed by atoms with Gasteiger partial charge in [0.25, 0.3) is 0 Å². The second kappa shape index (κ2) is 6.51. The molecular weight excluding hydrogens is 302 g/mol. The Morgan fingerprint density at radius 2 is 1.91 bits per heavy atom. The molecule has 23 heavy (non-hydrogen) atoms. The highest BCUT2D eigenvalue weighted by Crippen LogP contribution is 2.28. The van der Waals surface area contributed by atoms with Crippen molar-refractivity contribution in [3.8, 4) is 5.75 Å². The summed E-state index contributed by atoms with van der Waals surface area (Å²) in [5.41, 5.74) is 0.933. The highest BCUT2D eigenvalue weighted by Gasteiger charge is 2.17. The lowest BCUT2D eigenvalue weighted by Gasteiger charge is -2.10. The van der Waals surface area contributed by atoms with E-state index in [0.717, 1.165) is 0 Å². The molecule has 1 amide bonds. The fourth-order valence-corrected chi connectivity index (χ4v) is 2.31. The molecule has 2 aromatic rings. The maximum atomic E-state index is 12.1. The molecule has 0 aliphatic heterocycles. The van der Waals surface area contributed by atoms with Gasteiger partial charge in [0.2, 0.25) is 5.91 Å². The second-order valence-corrected chi connectivity index (χ2v) is 5.25. The Morgan fingerprint density at radius 1 is 1.22 bits per heavy atom. The van der Waals surface area contributed by atoms with Crippen molar-refractivity contribution in [1.29, 1.82) is 0 Å². The molecule has 0 bridgehead atoms. The minimum atomic E-state index is -1.01. The van der Waals surface area contributed by atoms with Crippen LogP contribution in [0.1, 0.15) is 23.1 Å². The number of rotatable bonds is 5. The van der Waals surface area contributed by atoms with E-state index in [1.54, 1.807) is 19.9 Å². The van der Waals surface area contributed by atoms with Crippen molar-refractivity contribution in [1.82, 2.24) is 5.32 Å². The van der Waals surface area contributed by atoms with Crippen LogP contribution in [0.15, 0.2) is 21.3 Å². The van der Waals surface area contributed by atoms with E-state index in [9.17, 15) is 19.5 Å². The summed E-state index contributed by atoms with van der Waals surface area (Å²) in [5.74, 6) is -1.43. The number of phenols is 1. The number of phenolic OH excluding ortho intramolecular Hbond substituents is 1. The molecule has 0 saturated carbocycles. The summed E-state index contributed by atoms with van der Waals surface area (Å²) < 4.78 is 5.24. The Labute approximate surface area is 131 Å². The summed E-state index contributed by atoms with van der Waals surface area (Å²) >= 11 is 0. The van der Waals surface area contributed by atoms with Crippen LogP contribution in [-0.4, -0.2) is 28.6 Å². The first-order chi connectivity index (χ1) is 10.8. The zero-order chi connectivity index (χ0) is 17.1. The van der Waals surface area contributed by atoms with Crippen molar-refractivity contribution in [3.05, 3.63) is 39.2 Å². The number of aromatic hydroxyl groups is 1. The molecule has 1 aromatic carbocycles. The van der Waals surface area contributed by atoms with E-state index >= 15 is 0 Å². The largest absolute Gasteiger partial charge is 0.508 e. The number of aryl methyl sites for hydroxylation is 2. The molecule has 7 heteroatoms. The van der Waals surface area contributed by atoms with Gasteiger partial charge in [0, 0.05) is 17.5 Å². The minimum Gasteiger partial charge on any atom is -0.508 e. The number of hydrogen-bond acceptors (Lipinski definition) is 5. The minimum absolute atomic E-state index is 0.000883.